The first-order chi connectivity index (χ1) is 9.65. The number of carbonyl (C=O) groups is 1. The van der Waals surface area contributed by atoms with Gasteiger partial charge in [-0.3, -0.25) is 14.6 Å². The predicted octanol–water partition coefficient (Wildman–Crippen LogP) is 0.963. The Morgan fingerprint density at radius 3 is 2.40 bits per heavy atom. The van der Waals surface area contributed by atoms with Gasteiger partial charge in [0, 0.05) is 32.2 Å². The second-order valence-electron chi connectivity index (χ2n) is 5.96. The van der Waals surface area contributed by atoms with Crippen molar-refractivity contribution in [1.29, 1.82) is 5.26 Å². The zero-order valence-corrected chi connectivity index (χ0v) is 12.6. The molecule has 5 nitrogen and oxygen atoms in total. The zero-order valence-electron chi connectivity index (χ0n) is 12.6. The van der Waals surface area contributed by atoms with Gasteiger partial charge in [-0.1, -0.05) is 13.3 Å². The zero-order chi connectivity index (χ0) is 14.5. The van der Waals surface area contributed by atoms with Crippen LogP contribution in [0.4, 0.5) is 0 Å². The third-order valence-electron chi connectivity index (χ3n) is 4.35. The van der Waals surface area contributed by atoms with Crippen LogP contribution in [-0.2, 0) is 4.79 Å². The number of hydrogen-bond acceptors (Lipinski definition) is 4. The third-order valence-corrected chi connectivity index (χ3v) is 4.35. The number of carbonyl (C=O) groups excluding carboxylic acids is 1. The second-order valence-corrected chi connectivity index (χ2v) is 5.96. The maximum absolute atomic E-state index is 12.0. The lowest BCUT2D eigenvalue weighted by atomic mass is 10.1. The summed E-state index contributed by atoms with van der Waals surface area (Å²) < 4.78 is 0. The van der Waals surface area contributed by atoms with Crippen molar-refractivity contribution in [1.82, 2.24) is 15.1 Å². The highest BCUT2D eigenvalue weighted by Crippen LogP contribution is 2.19. The average Bonchev–Trinajstić information content (AvgIpc) is 3.28. The van der Waals surface area contributed by atoms with E-state index in [9.17, 15) is 10.1 Å². The lowest BCUT2D eigenvalue weighted by Gasteiger charge is -2.39. The van der Waals surface area contributed by atoms with Crippen molar-refractivity contribution in [3.63, 3.8) is 0 Å². The molecule has 0 aromatic carbocycles. The smallest absolute Gasteiger partial charge is 0.237 e. The SMILES string of the molecule is CCCC(C#N)N1CCN(C(C)C(=O)NC2CC2)CC1. The van der Waals surface area contributed by atoms with Gasteiger partial charge in [-0.15, -0.1) is 0 Å². The monoisotopic (exact) mass is 278 g/mol. The minimum absolute atomic E-state index is 0.0396. The Morgan fingerprint density at radius 1 is 1.30 bits per heavy atom. The number of nitriles is 1. The van der Waals surface area contributed by atoms with Gasteiger partial charge in [-0.25, -0.2) is 0 Å². The number of amides is 1. The number of piperazine rings is 1. The molecular formula is C15H26N4O. The molecule has 0 spiro atoms. The summed E-state index contributed by atoms with van der Waals surface area (Å²) in [6.07, 6.45) is 4.24. The Balaban J connectivity index is 1.77. The number of hydrogen-bond donors (Lipinski definition) is 1. The van der Waals surface area contributed by atoms with Crippen molar-refractivity contribution >= 4 is 5.91 Å². The lowest BCUT2D eigenvalue weighted by molar-refractivity contribution is -0.126. The fourth-order valence-corrected chi connectivity index (χ4v) is 2.75. The molecule has 2 fully saturated rings. The van der Waals surface area contributed by atoms with Crippen molar-refractivity contribution in [2.75, 3.05) is 26.2 Å². The third kappa shape index (κ3) is 3.94. The van der Waals surface area contributed by atoms with Gasteiger partial charge in [0.2, 0.25) is 5.91 Å². The van der Waals surface area contributed by atoms with Crippen molar-refractivity contribution < 1.29 is 4.79 Å². The Hall–Kier alpha value is -1.12. The highest BCUT2D eigenvalue weighted by Gasteiger charge is 2.31. The first kappa shape index (κ1) is 15.3. The van der Waals surface area contributed by atoms with Crippen LogP contribution in [0.25, 0.3) is 0 Å². The largest absolute Gasteiger partial charge is 0.352 e. The van der Waals surface area contributed by atoms with E-state index in [4.69, 9.17) is 0 Å². The van der Waals surface area contributed by atoms with Gasteiger partial charge in [0.25, 0.3) is 0 Å². The van der Waals surface area contributed by atoms with Crippen LogP contribution in [-0.4, -0.2) is 60.0 Å². The molecule has 5 heteroatoms. The molecule has 0 radical (unpaired) electrons. The van der Waals surface area contributed by atoms with E-state index in [-0.39, 0.29) is 18.0 Å². The molecule has 0 bridgehead atoms. The van der Waals surface area contributed by atoms with Gasteiger partial charge in [0.1, 0.15) is 0 Å². The van der Waals surface area contributed by atoms with E-state index in [1.54, 1.807) is 0 Å². The molecule has 1 aliphatic heterocycles. The molecule has 1 aliphatic carbocycles. The topological polar surface area (TPSA) is 59.4 Å². The number of nitrogens with one attached hydrogen (secondary N) is 1. The molecule has 2 aliphatic rings. The van der Waals surface area contributed by atoms with Crippen LogP contribution >= 0.6 is 0 Å². The van der Waals surface area contributed by atoms with Crippen LogP contribution in [0, 0.1) is 11.3 Å². The molecule has 1 heterocycles. The molecule has 1 saturated heterocycles. The summed E-state index contributed by atoms with van der Waals surface area (Å²) in [5, 5.41) is 12.3. The normalized spacial score (nSPS) is 23.9. The summed E-state index contributed by atoms with van der Waals surface area (Å²) >= 11 is 0. The highest BCUT2D eigenvalue weighted by atomic mass is 16.2. The van der Waals surface area contributed by atoms with Crippen LogP contribution < -0.4 is 5.32 Å². The minimum Gasteiger partial charge on any atom is -0.352 e. The van der Waals surface area contributed by atoms with Gasteiger partial charge >= 0.3 is 0 Å². The fraction of sp³-hybridized carbons (Fsp3) is 0.867. The molecule has 2 atom stereocenters. The van der Waals surface area contributed by atoms with Crippen LogP contribution in [0.5, 0.6) is 0 Å². The summed E-state index contributed by atoms with van der Waals surface area (Å²) in [5.74, 6) is 0.159. The molecule has 112 valence electrons. The second kappa shape index (κ2) is 7.05. The van der Waals surface area contributed by atoms with E-state index < -0.39 is 0 Å². The van der Waals surface area contributed by atoms with E-state index in [1.165, 1.54) is 0 Å². The van der Waals surface area contributed by atoms with Gasteiger partial charge in [0.05, 0.1) is 18.2 Å². The molecule has 1 amide bonds. The molecule has 1 saturated carbocycles. The highest BCUT2D eigenvalue weighted by molar-refractivity contribution is 5.81. The van der Waals surface area contributed by atoms with E-state index >= 15 is 0 Å². The molecular weight excluding hydrogens is 252 g/mol. The maximum atomic E-state index is 12.0. The summed E-state index contributed by atoms with van der Waals surface area (Å²) in [6.45, 7) is 7.63. The van der Waals surface area contributed by atoms with Crippen LogP contribution in [0.2, 0.25) is 0 Å². The Labute approximate surface area is 121 Å². The van der Waals surface area contributed by atoms with Gasteiger partial charge < -0.3 is 5.32 Å². The van der Waals surface area contributed by atoms with Crippen molar-refractivity contribution in [2.24, 2.45) is 0 Å². The first-order valence-corrected chi connectivity index (χ1v) is 7.83. The van der Waals surface area contributed by atoms with Gasteiger partial charge in [-0.2, -0.15) is 5.26 Å². The number of nitrogens with zero attached hydrogens (tertiary/aromatic N) is 3. The maximum Gasteiger partial charge on any atom is 0.237 e. The van der Waals surface area contributed by atoms with Crippen LogP contribution in [0.3, 0.4) is 0 Å². The fourth-order valence-electron chi connectivity index (χ4n) is 2.75. The standard InChI is InChI=1S/C15H26N4O/c1-3-4-14(11-16)19-9-7-18(8-10-19)12(2)15(20)17-13-5-6-13/h12-14H,3-10H2,1-2H3,(H,17,20). The van der Waals surface area contributed by atoms with Crippen molar-refractivity contribution in [3.8, 4) is 6.07 Å². The van der Waals surface area contributed by atoms with Crippen molar-refractivity contribution in [3.05, 3.63) is 0 Å². The van der Waals surface area contributed by atoms with Gasteiger partial charge in [-0.05, 0) is 26.2 Å². The van der Waals surface area contributed by atoms with E-state index in [0.717, 1.165) is 51.9 Å². The predicted molar refractivity (Wildman–Crippen MR) is 78.1 cm³/mol. The van der Waals surface area contributed by atoms with Crippen LogP contribution in [0.1, 0.15) is 39.5 Å². The Morgan fingerprint density at radius 2 is 1.90 bits per heavy atom. The van der Waals surface area contributed by atoms with Crippen LogP contribution in [0.15, 0.2) is 0 Å². The molecule has 2 rings (SSSR count). The summed E-state index contributed by atoms with van der Waals surface area (Å²) in [4.78, 5) is 16.5. The summed E-state index contributed by atoms with van der Waals surface area (Å²) in [6, 6.07) is 2.82. The van der Waals surface area contributed by atoms with Crippen molar-refractivity contribution in [2.45, 2.75) is 57.7 Å². The number of rotatable bonds is 6. The van der Waals surface area contributed by atoms with E-state index in [2.05, 4.69) is 28.1 Å². The molecule has 2 unspecified atom stereocenters. The Bertz CT molecular complexity index is 367. The molecule has 0 aromatic heterocycles. The minimum atomic E-state index is -0.0514. The van der Waals surface area contributed by atoms with E-state index in [1.807, 2.05) is 6.92 Å². The van der Waals surface area contributed by atoms with Gasteiger partial charge in [0.15, 0.2) is 0 Å². The first-order valence-electron chi connectivity index (χ1n) is 7.83. The molecule has 20 heavy (non-hydrogen) atoms. The Kier molecular flexibility index (Phi) is 5.38. The molecule has 1 N–H and O–H groups in total. The summed E-state index contributed by atoms with van der Waals surface area (Å²) in [7, 11) is 0. The van der Waals surface area contributed by atoms with E-state index in [0.29, 0.717) is 6.04 Å². The molecule has 0 aromatic rings. The quantitative estimate of drug-likeness (QED) is 0.786. The average molecular weight is 278 g/mol. The summed E-state index contributed by atoms with van der Waals surface area (Å²) in [5.41, 5.74) is 0. The lowest BCUT2D eigenvalue weighted by Crippen LogP contribution is -2.55.